The van der Waals surface area contributed by atoms with Gasteiger partial charge in [-0.05, 0) is 30.2 Å². The molecule has 0 spiro atoms. The summed E-state index contributed by atoms with van der Waals surface area (Å²) in [5.74, 6) is 0.648. The molecule has 8 heteroatoms. The van der Waals surface area contributed by atoms with Crippen LogP contribution < -0.4 is 4.74 Å². The Morgan fingerprint density at radius 3 is 2.69 bits per heavy atom. The van der Waals surface area contributed by atoms with Gasteiger partial charge < -0.3 is 14.2 Å². The molecule has 0 N–H and O–H groups in total. The summed E-state index contributed by atoms with van der Waals surface area (Å²) in [6.07, 6.45) is 0. The number of rotatable bonds is 7. The fraction of sp³-hybridized carbons (Fsp3) is 0.286. The van der Waals surface area contributed by atoms with Crippen molar-refractivity contribution in [2.75, 3.05) is 19.9 Å². The zero-order valence-electron chi connectivity index (χ0n) is 16.8. The van der Waals surface area contributed by atoms with Crippen LogP contribution in [0.1, 0.15) is 11.1 Å². The van der Waals surface area contributed by atoms with Crippen molar-refractivity contribution in [3.05, 3.63) is 59.4 Å². The molecule has 1 aromatic heterocycles. The molecule has 3 aromatic rings. The van der Waals surface area contributed by atoms with Crippen molar-refractivity contribution in [1.82, 2.24) is 19.7 Å². The number of benzene rings is 2. The molecule has 6 nitrogen and oxygen atoms in total. The molecule has 0 saturated heterocycles. The van der Waals surface area contributed by atoms with Gasteiger partial charge in [-0.15, -0.1) is 10.2 Å². The van der Waals surface area contributed by atoms with E-state index in [1.165, 1.54) is 24.9 Å². The zero-order valence-corrected chi connectivity index (χ0v) is 17.7. The van der Waals surface area contributed by atoms with E-state index < -0.39 is 5.82 Å². The summed E-state index contributed by atoms with van der Waals surface area (Å²) < 4.78 is 20.6. The predicted octanol–water partition coefficient (Wildman–Crippen LogP) is 3.69. The highest BCUT2D eigenvalue weighted by molar-refractivity contribution is 7.99. The Morgan fingerprint density at radius 2 is 2.00 bits per heavy atom. The van der Waals surface area contributed by atoms with E-state index in [-0.39, 0.29) is 17.4 Å². The summed E-state index contributed by atoms with van der Waals surface area (Å²) in [5, 5.41) is 9.17. The van der Waals surface area contributed by atoms with Crippen LogP contribution in [0.25, 0.3) is 11.4 Å². The number of carbonyl (C=O) groups excluding carboxylic acids is 1. The van der Waals surface area contributed by atoms with Gasteiger partial charge in [-0.25, -0.2) is 4.39 Å². The van der Waals surface area contributed by atoms with E-state index in [0.29, 0.717) is 17.3 Å². The number of ether oxygens (including phenoxy) is 1. The van der Waals surface area contributed by atoms with Gasteiger partial charge in [-0.3, -0.25) is 4.79 Å². The van der Waals surface area contributed by atoms with E-state index in [1.807, 2.05) is 42.8 Å². The normalized spacial score (nSPS) is 10.8. The van der Waals surface area contributed by atoms with Crippen LogP contribution in [-0.4, -0.2) is 45.5 Å². The van der Waals surface area contributed by atoms with Gasteiger partial charge in [0.05, 0.1) is 12.9 Å². The van der Waals surface area contributed by atoms with Gasteiger partial charge in [0.1, 0.15) is 0 Å². The number of amides is 1. The lowest BCUT2D eigenvalue weighted by molar-refractivity contribution is -0.127. The average Bonchev–Trinajstić information content (AvgIpc) is 3.07. The fourth-order valence-electron chi connectivity index (χ4n) is 2.91. The predicted molar refractivity (Wildman–Crippen MR) is 111 cm³/mol. The van der Waals surface area contributed by atoms with Crippen molar-refractivity contribution in [2.24, 2.45) is 7.05 Å². The van der Waals surface area contributed by atoms with Crippen LogP contribution in [0.3, 0.4) is 0 Å². The first kappa shape index (κ1) is 20.9. The fourth-order valence-corrected chi connectivity index (χ4v) is 3.76. The Morgan fingerprint density at radius 1 is 1.24 bits per heavy atom. The first-order chi connectivity index (χ1) is 13.9. The molecule has 0 unspecified atom stereocenters. The van der Waals surface area contributed by atoms with Crippen LogP contribution in [0, 0.1) is 12.7 Å². The van der Waals surface area contributed by atoms with Crippen LogP contribution in [0.15, 0.2) is 47.6 Å². The van der Waals surface area contributed by atoms with Crippen LogP contribution in [0.4, 0.5) is 4.39 Å². The third kappa shape index (κ3) is 4.76. The molecule has 0 atom stereocenters. The number of aromatic nitrogens is 3. The highest BCUT2D eigenvalue weighted by Crippen LogP contribution is 2.25. The summed E-state index contributed by atoms with van der Waals surface area (Å²) in [4.78, 5) is 14.1. The Bertz CT molecular complexity index is 1020. The van der Waals surface area contributed by atoms with Crippen LogP contribution in [-0.2, 0) is 18.4 Å². The SMILES string of the molecule is COc1ccc(CN(C)C(=O)CSc2nnc(-c3ccccc3C)n2C)cc1F. The maximum Gasteiger partial charge on any atom is 0.233 e. The molecular weight excluding hydrogens is 391 g/mol. The lowest BCUT2D eigenvalue weighted by atomic mass is 10.1. The molecule has 0 saturated carbocycles. The molecule has 0 aliphatic carbocycles. The van der Waals surface area contributed by atoms with Gasteiger partial charge in [0.2, 0.25) is 5.91 Å². The molecule has 0 radical (unpaired) electrons. The number of hydrogen-bond donors (Lipinski definition) is 0. The second-order valence-corrected chi connectivity index (χ2v) is 7.63. The Kier molecular flexibility index (Phi) is 6.53. The van der Waals surface area contributed by atoms with Gasteiger partial charge in [0, 0.05) is 26.2 Å². The van der Waals surface area contributed by atoms with Crippen molar-refractivity contribution in [2.45, 2.75) is 18.6 Å². The summed E-state index contributed by atoms with van der Waals surface area (Å²) in [6.45, 7) is 2.34. The first-order valence-electron chi connectivity index (χ1n) is 9.05. The molecule has 0 bridgehead atoms. The number of hydrogen-bond acceptors (Lipinski definition) is 5. The number of halogens is 1. The topological polar surface area (TPSA) is 60.2 Å². The molecule has 2 aromatic carbocycles. The van der Waals surface area contributed by atoms with E-state index >= 15 is 0 Å². The van der Waals surface area contributed by atoms with Crippen molar-refractivity contribution < 1.29 is 13.9 Å². The number of methoxy groups -OCH3 is 1. The van der Waals surface area contributed by atoms with Crippen molar-refractivity contribution >= 4 is 17.7 Å². The highest BCUT2D eigenvalue weighted by Gasteiger charge is 2.16. The number of carbonyl (C=O) groups is 1. The van der Waals surface area contributed by atoms with Crippen LogP contribution in [0.5, 0.6) is 5.75 Å². The molecule has 1 heterocycles. The lowest BCUT2D eigenvalue weighted by Crippen LogP contribution is -2.28. The average molecular weight is 415 g/mol. The molecule has 152 valence electrons. The van der Waals surface area contributed by atoms with Gasteiger partial charge in [0.25, 0.3) is 0 Å². The van der Waals surface area contributed by atoms with E-state index in [4.69, 9.17) is 4.74 Å². The smallest absolute Gasteiger partial charge is 0.233 e. The van der Waals surface area contributed by atoms with Gasteiger partial charge in [-0.2, -0.15) is 0 Å². The van der Waals surface area contributed by atoms with E-state index in [0.717, 1.165) is 17.0 Å². The maximum absolute atomic E-state index is 13.8. The molecule has 1 amide bonds. The second kappa shape index (κ2) is 9.09. The largest absolute Gasteiger partial charge is 0.494 e. The minimum absolute atomic E-state index is 0.0772. The quantitative estimate of drug-likeness (QED) is 0.552. The van der Waals surface area contributed by atoms with E-state index in [1.54, 1.807) is 24.1 Å². The van der Waals surface area contributed by atoms with Crippen LogP contribution in [0.2, 0.25) is 0 Å². The van der Waals surface area contributed by atoms with Gasteiger partial charge in [-0.1, -0.05) is 42.1 Å². The highest BCUT2D eigenvalue weighted by atomic mass is 32.2. The summed E-state index contributed by atoms with van der Waals surface area (Å²) >= 11 is 1.33. The van der Waals surface area contributed by atoms with Gasteiger partial charge >= 0.3 is 0 Å². The number of aryl methyl sites for hydroxylation is 1. The maximum atomic E-state index is 13.8. The van der Waals surface area contributed by atoms with Crippen molar-refractivity contribution in [3.63, 3.8) is 0 Å². The number of nitrogens with zero attached hydrogens (tertiary/aromatic N) is 4. The monoisotopic (exact) mass is 414 g/mol. The Balaban J connectivity index is 1.62. The summed E-state index contributed by atoms with van der Waals surface area (Å²) in [7, 11) is 5.00. The third-order valence-electron chi connectivity index (χ3n) is 4.61. The first-order valence-corrected chi connectivity index (χ1v) is 10.0. The molecule has 0 aliphatic heterocycles. The molecule has 29 heavy (non-hydrogen) atoms. The minimum Gasteiger partial charge on any atom is -0.494 e. The Labute approximate surface area is 173 Å². The molecular formula is C21H23FN4O2S. The molecule has 0 aliphatic rings. The molecule has 3 rings (SSSR count). The van der Waals surface area contributed by atoms with Gasteiger partial charge in [0.15, 0.2) is 22.5 Å². The summed E-state index contributed by atoms with van der Waals surface area (Å²) in [5.41, 5.74) is 2.83. The molecule has 0 fully saturated rings. The zero-order chi connectivity index (χ0) is 21.0. The van der Waals surface area contributed by atoms with E-state index in [9.17, 15) is 9.18 Å². The van der Waals surface area contributed by atoms with Crippen molar-refractivity contribution in [3.8, 4) is 17.1 Å². The summed E-state index contributed by atoms with van der Waals surface area (Å²) in [6, 6.07) is 12.7. The van der Waals surface area contributed by atoms with Crippen molar-refractivity contribution in [1.29, 1.82) is 0 Å². The minimum atomic E-state index is -0.442. The standard InChI is InChI=1S/C21H23FN4O2S/c1-14-7-5-6-8-16(14)20-23-24-21(26(20)3)29-13-19(27)25(2)12-15-9-10-18(28-4)17(22)11-15/h5-11H,12-13H2,1-4H3. The van der Waals surface area contributed by atoms with Crippen LogP contribution >= 0.6 is 11.8 Å². The second-order valence-electron chi connectivity index (χ2n) is 6.69. The van der Waals surface area contributed by atoms with E-state index in [2.05, 4.69) is 10.2 Å². The third-order valence-corrected chi connectivity index (χ3v) is 5.61. The lowest BCUT2D eigenvalue weighted by Gasteiger charge is -2.17. The number of thioether (sulfide) groups is 1. The Hall–Kier alpha value is -2.87.